The van der Waals surface area contributed by atoms with Crippen LogP contribution in [-0.4, -0.2) is 14.2 Å². The van der Waals surface area contributed by atoms with Crippen LogP contribution < -0.4 is 14.8 Å². The van der Waals surface area contributed by atoms with Crippen molar-refractivity contribution in [1.82, 2.24) is 5.32 Å². The Hall–Kier alpha value is -1.52. The lowest BCUT2D eigenvalue weighted by atomic mass is 10.1. The fraction of sp³-hybridized carbons (Fsp3) is 0.294. The van der Waals surface area contributed by atoms with E-state index >= 15 is 0 Å². The molecule has 1 N–H and O–H groups in total. The Bertz CT molecular complexity index is 584. The molecule has 1 unspecified atom stereocenters. The summed E-state index contributed by atoms with van der Waals surface area (Å²) in [5, 5.41) is 3.51. The largest absolute Gasteiger partial charge is 0.493 e. The fourth-order valence-corrected chi connectivity index (χ4v) is 2.49. The van der Waals surface area contributed by atoms with Gasteiger partial charge in [-0.25, -0.2) is 0 Å². The topological polar surface area (TPSA) is 30.5 Å². The Morgan fingerprint density at radius 2 is 1.76 bits per heavy atom. The van der Waals surface area contributed by atoms with Crippen molar-refractivity contribution in [3.63, 3.8) is 0 Å². The molecule has 2 rings (SSSR count). The highest BCUT2D eigenvalue weighted by Gasteiger charge is 2.11. The van der Waals surface area contributed by atoms with Crippen LogP contribution in [0.25, 0.3) is 0 Å². The Kier molecular flexibility index (Phi) is 5.65. The van der Waals surface area contributed by atoms with Gasteiger partial charge in [0.25, 0.3) is 0 Å². The van der Waals surface area contributed by atoms with Gasteiger partial charge in [-0.2, -0.15) is 0 Å². The lowest BCUT2D eigenvalue weighted by Gasteiger charge is -2.17. The zero-order chi connectivity index (χ0) is 15.2. The molecule has 0 amide bonds. The van der Waals surface area contributed by atoms with Gasteiger partial charge in [-0.15, -0.1) is 0 Å². The Morgan fingerprint density at radius 1 is 1.05 bits per heavy atom. The molecule has 3 nitrogen and oxygen atoms in total. The summed E-state index contributed by atoms with van der Waals surface area (Å²) >= 11 is 3.45. The fourth-order valence-electron chi connectivity index (χ4n) is 2.23. The van der Waals surface area contributed by atoms with Crippen molar-refractivity contribution in [2.75, 3.05) is 14.2 Å². The molecule has 2 aromatic carbocycles. The zero-order valence-electron chi connectivity index (χ0n) is 12.5. The maximum atomic E-state index is 5.45. The molecule has 21 heavy (non-hydrogen) atoms. The SMILES string of the molecule is COc1cccc(CNC(C)c2ccc(Br)cc2)c1OC. The lowest BCUT2D eigenvalue weighted by Crippen LogP contribution is -2.18. The van der Waals surface area contributed by atoms with Gasteiger partial charge in [0.15, 0.2) is 11.5 Å². The van der Waals surface area contributed by atoms with Crippen LogP contribution in [0.2, 0.25) is 0 Å². The third kappa shape index (κ3) is 3.99. The minimum atomic E-state index is 0.258. The number of hydrogen-bond acceptors (Lipinski definition) is 3. The number of halogens is 1. The zero-order valence-corrected chi connectivity index (χ0v) is 14.1. The molecular formula is C17H20BrNO2. The third-order valence-electron chi connectivity index (χ3n) is 3.45. The molecule has 0 aromatic heterocycles. The van der Waals surface area contributed by atoms with E-state index in [1.165, 1.54) is 5.56 Å². The second-order valence-corrected chi connectivity index (χ2v) is 5.72. The molecule has 0 aliphatic heterocycles. The van der Waals surface area contributed by atoms with E-state index in [1.807, 2.05) is 18.2 Å². The van der Waals surface area contributed by atoms with Gasteiger partial charge in [-0.05, 0) is 30.7 Å². The first-order chi connectivity index (χ1) is 10.2. The molecule has 0 spiro atoms. The first-order valence-corrected chi connectivity index (χ1v) is 7.63. The summed E-state index contributed by atoms with van der Waals surface area (Å²) in [4.78, 5) is 0. The van der Waals surface area contributed by atoms with Crippen molar-refractivity contribution >= 4 is 15.9 Å². The van der Waals surface area contributed by atoms with Crippen LogP contribution in [0, 0.1) is 0 Å². The molecule has 0 heterocycles. The molecule has 1 atom stereocenters. The molecule has 0 saturated heterocycles. The van der Waals surface area contributed by atoms with Crippen molar-refractivity contribution in [2.24, 2.45) is 0 Å². The van der Waals surface area contributed by atoms with E-state index < -0.39 is 0 Å². The van der Waals surface area contributed by atoms with Crippen LogP contribution in [0.5, 0.6) is 11.5 Å². The summed E-state index contributed by atoms with van der Waals surface area (Å²) in [6.45, 7) is 2.87. The number of para-hydroxylation sites is 1. The van der Waals surface area contributed by atoms with Gasteiger partial charge < -0.3 is 14.8 Å². The minimum Gasteiger partial charge on any atom is -0.493 e. The molecule has 112 valence electrons. The molecule has 4 heteroatoms. The molecule has 0 radical (unpaired) electrons. The number of benzene rings is 2. The van der Waals surface area contributed by atoms with E-state index in [9.17, 15) is 0 Å². The van der Waals surface area contributed by atoms with Crippen LogP contribution in [0.4, 0.5) is 0 Å². The van der Waals surface area contributed by atoms with E-state index in [4.69, 9.17) is 9.47 Å². The highest BCUT2D eigenvalue weighted by molar-refractivity contribution is 9.10. The normalized spacial score (nSPS) is 12.0. The van der Waals surface area contributed by atoms with Gasteiger partial charge in [-0.1, -0.05) is 40.2 Å². The van der Waals surface area contributed by atoms with E-state index in [1.54, 1.807) is 14.2 Å². The molecule has 0 aliphatic carbocycles. The van der Waals surface area contributed by atoms with E-state index in [0.717, 1.165) is 28.1 Å². The van der Waals surface area contributed by atoms with Gasteiger partial charge >= 0.3 is 0 Å². The molecule has 0 saturated carbocycles. The number of rotatable bonds is 6. The smallest absolute Gasteiger partial charge is 0.165 e. The summed E-state index contributed by atoms with van der Waals surface area (Å²) in [6, 6.07) is 14.5. The van der Waals surface area contributed by atoms with Crippen molar-refractivity contribution < 1.29 is 9.47 Å². The van der Waals surface area contributed by atoms with Crippen LogP contribution >= 0.6 is 15.9 Å². The molecule has 0 bridgehead atoms. The van der Waals surface area contributed by atoms with Crippen molar-refractivity contribution in [1.29, 1.82) is 0 Å². The first kappa shape index (κ1) is 15.9. The van der Waals surface area contributed by atoms with E-state index in [-0.39, 0.29) is 6.04 Å². The van der Waals surface area contributed by atoms with E-state index in [2.05, 4.69) is 52.4 Å². The molecule has 0 aliphatic rings. The molecule has 0 fully saturated rings. The van der Waals surface area contributed by atoms with Gasteiger partial charge in [0.2, 0.25) is 0 Å². The summed E-state index contributed by atoms with van der Waals surface area (Å²) in [5.74, 6) is 1.55. The Labute approximate surface area is 134 Å². The van der Waals surface area contributed by atoms with Gasteiger partial charge in [-0.3, -0.25) is 0 Å². The van der Waals surface area contributed by atoms with Crippen molar-refractivity contribution in [3.8, 4) is 11.5 Å². The van der Waals surface area contributed by atoms with Gasteiger partial charge in [0.05, 0.1) is 14.2 Å². The summed E-state index contributed by atoms with van der Waals surface area (Å²) < 4.78 is 11.9. The van der Waals surface area contributed by atoms with Crippen LogP contribution in [0.1, 0.15) is 24.1 Å². The third-order valence-corrected chi connectivity index (χ3v) is 3.98. The lowest BCUT2D eigenvalue weighted by molar-refractivity contribution is 0.350. The monoisotopic (exact) mass is 349 g/mol. The number of methoxy groups -OCH3 is 2. The maximum Gasteiger partial charge on any atom is 0.165 e. The summed E-state index contributed by atoms with van der Waals surface area (Å²) in [7, 11) is 3.32. The Morgan fingerprint density at radius 3 is 2.38 bits per heavy atom. The average molecular weight is 350 g/mol. The predicted molar refractivity (Wildman–Crippen MR) is 88.9 cm³/mol. The van der Waals surface area contributed by atoms with Gasteiger partial charge in [0.1, 0.15) is 0 Å². The summed E-state index contributed by atoms with van der Waals surface area (Å²) in [5.41, 5.74) is 2.33. The summed E-state index contributed by atoms with van der Waals surface area (Å²) in [6.07, 6.45) is 0. The minimum absolute atomic E-state index is 0.258. The second kappa shape index (κ2) is 7.48. The van der Waals surface area contributed by atoms with Crippen LogP contribution in [0.15, 0.2) is 46.9 Å². The standard InChI is InChI=1S/C17H20BrNO2/c1-12(13-7-9-15(18)10-8-13)19-11-14-5-4-6-16(20-2)17(14)21-3/h4-10,12,19H,11H2,1-3H3. The van der Waals surface area contributed by atoms with Crippen molar-refractivity contribution in [3.05, 3.63) is 58.1 Å². The average Bonchev–Trinajstić information content (AvgIpc) is 2.52. The highest BCUT2D eigenvalue weighted by atomic mass is 79.9. The first-order valence-electron chi connectivity index (χ1n) is 6.84. The van der Waals surface area contributed by atoms with Gasteiger partial charge in [0, 0.05) is 22.6 Å². The van der Waals surface area contributed by atoms with Crippen LogP contribution in [-0.2, 0) is 6.54 Å². The quantitative estimate of drug-likeness (QED) is 0.842. The van der Waals surface area contributed by atoms with E-state index in [0.29, 0.717) is 0 Å². The second-order valence-electron chi connectivity index (χ2n) is 4.81. The predicted octanol–water partition coefficient (Wildman–Crippen LogP) is 4.32. The molecule has 2 aromatic rings. The number of hydrogen-bond donors (Lipinski definition) is 1. The Balaban J connectivity index is 2.07. The number of ether oxygens (including phenoxy) is 2. The number of nitrogens with one attached hydrogen (secondary N) is 1. The highest BCUT2D eigenvalue weighted by Crippen LogP contribution is 2.31. The molecular weight excluding hydrogens is 330 g/mol. The van der Waals surface area contributed by atoms with Crippen molar-refractivity contribution in [2.45, 2.75) is 19.5 Å². The van der Waals surface area contributed by atoms with Crippen LogP contribution in [0.3, 0.4) is 0 Å². The maximum absolute atomic E-state index is 5.45.